The Morgan fingerprint density at radius 3 is 3.00 bits per heavy atom. The van der Waals surface area contributed by atoms with Crippen molar-refractivity contribution in [1.29, 1.82) is 0 Å². The van der Waals surface area contributed by atoms with E-state index in [1.807, 2.05) is 0 Å². The standard InChI is InChI=1S/C9H12N2O2/c1-2-8(12)11-6-7-4-3-5-10-9(7)13/h3-5H,2,6H2,1H3,(H,10,13)(H,11,12). The van der Waals surface area contributed by atoms with E-state index in [4.69, 9.17) is 0 Å². The fourth-order valence-electron chi connectivity index (χ4n) is 0.914. The number of carbonyl (C=O) groups is 1. The van der Waals surface area contributed by atoms with Crippen LogP contribution in [0.5, 0.6) is 0 Å². The van der Waals surface area contributed by atoms with Gasteiger partial charge in [0.1, 0.15) is 0 Å². The van der Waals surface area contributed by atoms with Gasteiger partial charge in [-0.05, 0) is 6.07 Å². The van der Waals surface area contributed by atoms with Gasteiger partial charge in [0, 0.05) is 24.7 Å². The molecule has 1 amide bonds. The number of hydrogen-bond acceptors (Lipinski definition) is 2. The Labute approximate surface area is 76.0 Å². The molecule has 0 aliphatic heterocycles. The summed E-state index contributed by atoms with van der Waals surface area (Å²) >= 11 is 0. The molecule has 0 saturated heterocycles. The Balaban J connectivity index is 2.60. The summed E-state index contributed by atoms with van der Waals surface area (Å²) < 4.78 is 0. The lowest BCUT2D eigenvalue weighted by Gasteiger charge is -2.01. The number of hydrogen-bond donors (Lipinski definition) is 2. The van der Waals surface area contributed by atoms with Crippen LogP contribution in [0.2, 0.25) is 0 Å². The minimum absolute atomic E-state index is 0.0525. The average Bonchev–Trinajstić information content (AvgIpc) is 2.16. The molecule has 1 rings (SSSR count). The number of rotatable bonds is 3. The van der Waals surface area contributed by atoms with Gasteiger partial charge in [-0.2, -0.15) is 0 Å². The van der Waals surface area contributed by atoms with Gasteiger partial charge in [0.15, 0.2) is 0 Å². The van der Waals surface area contributed by atoms with Gasteiger partial charge in [-0.25, -0.2) is 0 Å². The van der Waals surface area contributed by atoms with Crippen molar-refractivity contribution < 1.29 is 4.79 Å². The third-order valence-electron chi connectivity index (χ3n) is 1.70. The molecule has 0 spiro atoms. The van der Waals surface area contributed by atoms with Gasteiger partial charge in [-0.15, -0.1) is 0 Å². The van der Waals surface area contributed by atoms with E-state index >= 15 is 0 Å². The smallest absolute Gasteiger partial charge is 0.252 e. The first kappa shape index (κ1) is 9.51. The van der Waals surface area contributed by atoms with Gasteiger partial charge in [0.2, 0.25) is 5.91 Å². The van der Waals surface area contributed by atoms with Crippen LogP contribution >= 0.6 is 0 Å². The Bertz CT molecular complexity index is 343. The zero-order valence-corrected chi connectivity index (χ0v) is 7.46. The summed E-state index contributed by atoms with van der Waals surface area (Å²) in [6, 6.07) is 3.42. The molecule has 4 heteroatoms. The molecule has 0 saturated carbocycles. The third-order valence-corrected chi connectivity index (χ3v) is 1.70. The molecule has 1 heterocycles. The third kappa shape index (κ3) is 2.74. The van der Waals surface area contributed by atoms with Gasteiger partial charge in [0.05, 0.1) is 0 Å². The van der Waals surface area contributed by atoms with Crippen LogP contribution in [-0.2, 0) is 11.3 Å². The molecule has 0 unspecified atom stereocenters. The van der Waals surface area contributed by atoms with Crippen molar-refractivity contribution in [2.45, 2.75) is 19.9 Å². The predicted molar refractivity (Wildman–Crippen MR) is 49.2 cm³/mol. The Morgan fingerprint density at radius 2 is 2.38 bits per heavy atom. The number of nitrogens with one attached hydrogen (secondary N) is 2. The van der Waals surface area contributed by atoms with E-state index in [-0.39, 0.29) is 11.5 Å². The summed E-state index contributed by atoms with van der Waals surface area (Å²) in [4.78, 5) is 24.5. The van der Waals surface area contributed by atoms with Crippen LogP contribution in [0.25, 0.3) is 0 Å². The summed E-state index contributed by atoms with van der Waals surface area (Å²) in [5.74, 6) is -0.0525. The van der Waals surface area contributed by atoms with E-state index in [2.05, 4.69) is 10.3 Å². The number of amides is 1. The zero-order chi connectivity index (χ0) is 9.68. The molecule has 1 aromatic rings. The fourth-order valence-corrected chi connectivity index (χ4v) is 0.914. The van der Waals surface area contributed by atoms with Crippen molar-refractivity contribution in [2.24, 2.45) is 0 Å². The van der Waals surface area contributed by atoms with Crippen molar-refractivity contribution in [3.05, 3.63) is 34.2 Å². The molecule has 0 radical (unpaired) electrons. The first-order chi connectivity index (χ1) is 6.24. The highest BCUT2D eigenvalue weighted by molar-refractivity contribution is 5.75. The maximum Gasteiger partial charge on any atom is 0.252 e. The second-order valence-electron chi connectivity index (χ2n) is 2.65. The molecule has 4 nitrogen and oxygen atoms in total. The van der Waals surface area contributed by atoms with Crippen LogP contribution in [-0.4, -0.2) is 10.9 Å². The number of pyridine rings is 1. The first-order valence-electron chi connectivity index (χ1n) is 4.17. The molecule has 13 heavy (non-hydrogen) atoms. The van der Waals surface area contributed by atoms with Crippen LogP contribution in [0.4, 0.5) is 0 Å². The second-order valence-corrected chi connectivity index (χ2v) is 2.65. The molecule has 70 valence electrons. The molecule has 0 fully saturated rings. The van der Waals surface area contributed by atoms with Crippen LogP contribution in [0.3, 0.4) is 0 Å². The molecule has 0 aliphatic rings. The lowest BCUT2D eigenvalue weighted by molar-refractivity contribution is -0.120. The molecule has 0 bridgehead atoms. The van der Waals surface area contributed by atoms with E-state index in [0.29, 0.717) is 18.5 Å². The molecule has 0 atom stereocenters. The van der Waals surface area contributed by atoms with Gasteiger partial charge < -0.3 is 10.3 Å². The predicted octanol–water partition coefficient (Wildman–Crippen LogP) is 0.401. The number of carbonyl (C=O) groups excluding carboxylic acids is 1. The van der Waals surface area contributed by atoms with E-state index in [1.54, 1.807) is 25.3 Å². The number of H-pyrrole nitrogens is 1. The number of aromatic nitrogens is 1. The van der Waals surface area contributed by atoms with Crippen molar-refractivity contribution in [2.75, 3.05) is 0 Å². The Kier molecular flexibility index (Phi) is 3.25. The summed E-state index contributed by atoms with van der Waals surface area (Å²) in [5, 5.41) is 2.63. The topological polar surface area (TPSA) is 62.0 Å². The first-order valence-corrected chi connectivity index (χ1v) is 4.17. The molecule has 2 N–H and O–H groups in total. The Hall–Kier alpha value is -1.58. The summed E-state index contributed by atoms with van der Waals surface area (Å²) in [7, 11) is 0. The quantitative estimate of drug-likeness (QED) is 0.707. The van der Waals surface area contributed by atoms with Crippen molar-refractivity contribution in [1.82, 2.24) is 10.3 Å². The zero-order valence-electron chi connectivity index (χ0n) is 7.46. The van der Waals surface area contributed by atoms with Crippen LogP contribution in [0.15, 0.2) is 23.1 Å². The lowest BCUT2D eigenvalue weighted by Crippen LogP contribution is -2.25. The highest BCUT2D eigenvalue weighted by Crippen LogP contribution is 1.88. The van der Waals surface area contributed by atoms with Gasteiger partial charge in [-0.1, -0.05) is 13.0 Å². The molecule has 1 aromatic heterocycles. The van der Waals surface area contributed by atoms with Gasteiger partial charge >= 0.3 is 0 Å². The van der Waals surface area contributed by atoms with Crippen molar-refractivity contribution in [3.8, 4) is 0 Å². The second kappa shape index (κ2) is 4.45. The highest BCUT2D eigenvalue weighted by Gasteiger charge is 1.99. The number of aromatic amines is 1. The monoisotopic (exact) mass is 180 g/mol. The highest BCUT2D eigenvalue weighted by atomic mass is 16.1. The normalized spacial score (nSPS) is 9.62. The largest absolute Gasteiger partial charge is 0.352 e. The Morgan fingerprint density at radius 1 is 1.62 bits per heavy atom. The van der Waals surface area contributed by atoms with E-state index in [0.717, 1.165) is 0 Å². The average molecular weight is 180 g/mol. The minimum Gasteiger partial charge on any atom is -0.352 e. The molecule has 0 aliphatic carbocycles. The van der Waals surface area contributed by atoms with Crippen LogP contribution < -0.4 is 10.9 Å². The van der Waals surface area contributed by atoms with Crippen molar-refractivity contribution >= 4 is 5.91 Å². The van der Waals surface area contributed by atoms with E-state index < -0.39 is 0 Å². The maximum absolute atomic E-state index is 11.1. The van der Waals surface area contributed by atoms with Gasteiger partial charge in [0.25, 0.3) is 5.56 Å². The molecular weight excluding hydrogens is 168 g/mol. The maximum atomic E-state index is 11.1. The van der Waals surface area contributed by atoms with E-state index in [1.165, 1.54) is 0 Å². The minimum atomic E-state index is -0.154. The lowest BCUT2D eigenvalue weighted by atomic mass is 10.3. The molecule has 0 aromatic carbocycles. The van der Waals surface area contributed by atoms with Crippen LogP contribution in [0, 0.1) is 0 Å². The SMILES string of the molecule is CCC(=O)NCc1ccc[nH]c1=O. The fraction of sp³-hybridized carbons (Fsp3) is 0.333. The van der Waals surface area contributed by atoms with E-state index in [9.17, 15) is 9.59 Å². The summed E-state index contributed by atoms with van der Waals surface area (Å²) in [6.45, 7) is 2.06. The van der Waals surface area contributed by atoms with Gasteiger partial charge in [-0.3, -0.25) is 9.59 Å². The molecular formula is C9H12N2O2. The van der Waals surface area contributed by atoms with Crippen molar-refractivity contribution in [3.63, 3.8) is 0 Å². The summed E-state index contributed by atoms with van der Waals surface area (Å²) in [5.41, 5.74) is 0.420. The summed E-state index contributed by atoms with van der Waals surface area (Å²) in [6.07, 6.45) is 2.00. The van der Waals surface area contributed by atoms with Crippen LogP contribution in [0.1, 0.15) is 18.9 Å².